The number of aliphatic hydroxyl groups excluding tert-OH is 1. The highest BCUT2D eigenvalue weighted by Gasteiger charge is 2.33. The minimum absolute atomic E-state index is 0.182. The molecule has 11 heteroatoms. The van der Waals surface area contributed by atoms with E-state index < -0.39 is 40.7 Å². The van der Waals surface area contributed by atoms with Gasteiger partial charge >= 0.3 is 11.9 Å². The molecule has 0 bridgehead atoms. The molecule has 0 saturated heterocycles. The number of fused-ring (bicyclic) bond motifs is 1. The largest absolute Gasteiger partial charge is 0.603 e. The van der Waals surface area contributed by atoms with Gasteiger partial charge in [-0.05, 0) is 50.8 Å². The molecule has 1 aromatic carbocycles. The van der Waals surface area contributed by atoms with Gasteiger partial charge in [0.15, 0.2) is 6.79 Å². The van der Waals surface area contributed by atoms with Crippen LogP contribution in [0.2, 0.25) is 25.7 Å². The highest BCUT2D eigenvalue weighted by atomic mass is 31.1. The van der Waals surface area contributed by atoms with E-state index in [1.807, 2.05) is 19.9 Å². The molecule has 9 nitrogen and oxygen atoms in total. The zero-order valence-electron chi connectivity index (χ0n) is 23.0. The summed E-state index contributed by atoms with van der Waals surface area (Å²) in [5.74, 6) is 0.364. The Bertz CT molecular complexity index is 1100. The van der Waals surface area contributed by atoms with Crippen LogP contribution in [0.5, 0.6) is 11.5 Å². The van der Waals surface area contributed by atoms with E-state index in [1.54, 1.807) is 13.2 Å². The topological polar surface area (TPSA) is 135 Å². The third kappa shape index (κ3) is 9.06. The molecule has 0 spiro atoms. The molecule has 0 aromatic heterocycles. The molecule has 0 amide bonds. The van der Waals surface area contributed by atoms with Gasteiger partial charge in [-0.25, -0.2) is 4.79 Å². The number of carboxylic acids is 1. The number of allylic oxidation sites excluding steroid dienone is 4. The number of cyclic esters (lactones) is 1. The summed E-state index contributed by atoms with van der Waals surface area (Å²) in [5.41, 5.74) is 3.67. The molecule has 2 rings (SSSR count). The van der Waals surface area contributed by atoms with Crippen molar-refractivity contribution in [2.75, 3.05) is 20.5 Å². The minimum Gasteiger partial charge on any atom is -0.603 e. The summed E-state index contributed by atoms with van der Waals surface area (Å²) in [4.78, 5) is 35.9. The quantitative estimate of drug-likeness (QED) is 0.104. The Morgan fingerprint density at radius 1 is 1.29 bits per heavy atom. The standard InChI is InChI=1S/C27H39O9PSi/c1-18(15-20(26(29)30)9-7-8-13-37(32)36-17-28)10-11-21-24(33-3)19(2)22-16-35-27(31)23(22)25(21)34-12-14-38(4,5)6/h7-8,10,13,20,28H,9,11-12,14-17H2,1-6H3,(H,29,30). The number of benzene rings is 1. The molecular weight excluding hydrogens is 527 g/mol. The lowest BCUT2D eigenvalue weighted by Gasteiger charge is -2.21. The van der Waals surface area contributed by atoms with Crippen molar-refractivity contribution >= 4 is 33.8 Å². The van der Waals surface area contributed by atoms with Crippen LogP contribution in [-0.4, -0.2) is 56.5 Å². The number of hydrogen-bond acceptors (Lipinski definition) is 8. The summed E-state index contributed by atoms with van der Waals surface area (Å²) in [6, 6.07) is 0.924. The summed E-state index contributed by atoms with van der Waals surface area (Å²) in [6.07, 6.45) is 5.96. The van der Waals surface area contributed by atoms with E-state index >= 15 is 0 Å². The van der Waals surface area contributed by atoms with Gasteiger partial charge in [-0.2, -0.15) is 4.52 Å². The average molecular weight is 567 g/mol. The van der Waals surface area contributed by atoms with Crippen molar-refractivity contribution in [3.8, 4) is 11.5 Å². The Hall–Kier alpha value is -2.49. The number of esters is 1. The van der Waals surface area contributed by atoms with Crippen molar-refractivity contribution in [2.24, 2.45) is 5.92 Å². The van der Waals surface area contributed by atoms with Crippen LogP contribution < -0.4 is 14.4 Å². The average Bonchev–Trinajstić information content (AvgIpc) is 3.22. The van der Waals surface area contributed by atoms with Crippen molar-refractivity contribution in [2.45, 2.75) is 65.4 Å². The van der Waals surface area contributed by atoms with Crippen LogP contribution in [0.1, 0.15) is 46.8 Å². The lowest BCUT2D eigenvalue weighted by atomic mass is 9.93. The van der Waals surface area contributed by atoms with Crippen LogP contribution in [0.25, 0.3) is 0 Å². The van der Waals surface area contributed by atoms with Gasteiger partial charge in [-0.3, -0.25) is 4.79 Å². The van der Waals surface area contributed by atoms with Crippen LogP contribution in [0, 0.1) is 12.8 Å². The summed E-state index contributed by atoms with van der Waals surface area (Å²) < 4.78 is 21.9. The second kappa shape index (κ2) is 14.6. The SMILES string of the molecule is COc1c(C)c2c(c(OCC[Si](C)(C)C)c1CC=C(C)CC(CC=CC=[P+]([O-])OCO)C(=O)O)C(=O)OC2. The molecule has 38 heavy (non-hydrogen) atoms. The second-order valence-corrected chi connectivity index (χ2v) is 17.2. The Morgan fingerprint density at radius 2 is 2.00 bits per heavy atom. The summed E-state index contributed by atoms with van der Waals surface area (Å²) in [7, 11) is -1.92. The molecular formula is C27H39O9PSi. The second-order valence-electron chi connectivity index (χ2n) is 10.4. The van der Waals surface area contributed by atoms with Crippen LogP contribution in [0.3, 0.4) is 0 Å². The van der Waals surface area contributed by atoms with Crippen LogP contribution in [-0.2, 0) is 27.1 Å². The lowest BCUT2D eigenvalue weighted by molar-refractivity contribution is -0.176. The smallest absolute Gasteiger partial charge is 0.342 e. The molecule has 0 saturated carbocycles. The van der Waals surface area contributed by atoms with Crippen molar-refractivity contribution < 1.29 is 43.4 Å². The first-order valence-corrected chi connectivity index (χ1v) is 17.5. The van der Waals surface area contributed by atoms with Gasteiger partial charge in [-0.15, -0.1) is 0 Å². The van der Waals surface area contributed by atoms with Crippen LogP contribution >= 0.6 is 8.00 Å². The Morgan fingerprint density at radius 3 is 2.61 bits per heavy atom. The van der Waals surface area contributed by atoms with Gasteiger partial charge in [0.2, 0.25) is 8.00 Å². The number of aliphatic carboxylic acids is 1. The van der Waals surface area contributed by atoms with Gasteiger partial charge in [0.1, 0.15) is 29.5 Å². The number of carbonyl (C=O) groups excluding carboxylic acids is 1. The first kappa shape index (κ1) is 31.7. The molecule has 1 aliphatic heterocycles. The fraction of sp³-hybridized carbons (Fsp3) is 0.519. The Balaban J connectivity index is 2.30. The van der Waals surface area contributed by atoms with E-state index in [0.717, 1.165) is 28.3 Å². The van der Waals surface area contributed by atoms with Gasteiger partial charge in [-0.1, -0.05) is 37.4 Å². The predicted molar refractivity (Wildman–Crippen MR) is 149 cm³/mol. The number of ether oxygens (including phenoxy) is 3. The molecule has 210 valence electrons. The van der Waals surface area contributed by atoms with Crippen molar-refractivity contribution in [3.05, 3.63) is 46.1 Å². The first-order chi connectivity index (χ1) is 17.9. The highest BCUT2D eigenvalue weighted by Crippen LogP contribution is 2.43. The summed E-state index contributed by atoms with van der Waals surface area (Å²) in [5, 5.41) is 18.3. The van der Waals surface area contributed by atoms with Gasteiger partial charge in [0.25, 0.3) is 0 Å². The number of aliphatic hydroxyl groups is 1. The van der Waals surface area contributed by atoms with E-state index in [2.05, 4.69) is 24.2 Å². The zero-order valence-corrected chi connectivity index (χ0v) is 24.9. The maximum atomic E-state index is 12.7. The lowest BCUT2D eigenvalue weighted by Crippen LogP contribution is -2.23. The van der Waals surface area contributed by atoms with Crippen molar-refractivity contribution in [3.63, 3.8) is 0 Å². The predicted octanol–water partition coefficient (Wildman–Crippen LogP) is 4.36. The number of methoxy groups -OCH3 is 1. The van der Waals surface area contributed by atoms with Crippen molar-refractivity contribution in [1.82, 2.24) is 0 Å². The summed E-state index contributed by atoms with van der Waals surface area (Å²) in [6.45, 7) is 10.5. The third-order valence-corrected chi connectivity index (χ3v) is 8.74. The van der Waals surface area contributed by atoms with Gasteiger partial charge < -0.3 is 29.3 Å². The third-order valence-electron chi connectivity index (χ3n) is 6.25. The van der Waals surface area contributed by atoms with Crippen LogP contribution in [0.4, 0.5) is 0 Å². The molecule has 2 unspecified atom stereocenters. The van der Waals surface area contributed by atoms with Crippen molar-refractivity contribution in [1.29, 1.82) is 0 Å². The Kier molecular flexibility index (Phi) is 12.2. The maximum absolute atomic E-state index is 12.7. The van der Waals surface area contributed by atoms with Gasteiger partial charge in [0, 0.05) is 19.2 Å². The molecule has 1 heterocycles. The van der Waals surface area contributed by atoms with E-state index in [4.69, 9.17) is 19.3 Å². The van der Waals surface area contributed by atoms with Crippen LogP contribution in [0.15, 0.2) is 23.8 Å². The molecule has 2 atom stereocenters. The van der Waals surface area contributed by atoms with Gasteiger partial charge in [0.05, 0.1) is 19.6 Å². The first-order valence-electron chi connectivity index (χ1n) is 12.5. The molecule has 0 radical (unpaired) electrons. The van der Waals surface area contributed by atoms with E-state index in [0.29, 0.717) is 36.5 Å². The molecule has 2 N–H and O–H groups in total. The number of carbonyl (C=O) groups is 2. The fourth-order valence-electron chi connectivity index (χ4n) is 4.12. The van der Waals surface area contributed by atoms with E-state index in [9.17, 15) is 19.6 Å². The maximum Gasteiger partial charge on any atom is 0.342 e. The fourth-order valence-corrected chi connectivity index (χ4v) is 5.30. The molecule has 0 fully saturated rings. The normalized spacial score (nSPS) is 15.0. The minimum atomic E-state index is -2.13. The monoisotopic (exact) mass is 566 g/mol. The number of carboxylic acid groups (broad SMARTS) is 1. The highest BCUT2D eigenvalue weighted by molar-refractivity contribution is 7.45. The van der Waals surface area contributed by atoms with E-state index in [1.165, 1.54) is 11.9 Å². The Labute approximate surface area is 226 Å². The summed E-state index contributed by atoms with van der Waals surface area (Å²) >= 11 is 0. The van der Waals surface area contributed by atoms with E-state index in [-0.39, 0.29) is 13.0 Å². The number of hydrogen-bond donors (Lipinski definition) is 2. The zero-order chi connectivity index (χ0) is 28.5. The molecule has 1 aromatic rings. The molecule has 1 aliphatic rings. The number of rotatable bonds is 15. The molecule has 0 aliphatic carbocycles.